The van der Waals surface area contributed by atoms with Crippen molar-refractivity contribution in [2.75, 3.05) is 31.1 Å². The Morgan fingerprint density at radius 3 is 2.70 bits per heavy atom. The Balaban J connectivity index is 1.47. The van der Waals surface area contributed by atoms with Gasteiger partial charge in [0, 0.05) is 26.2 Å². The Morgan fingerprint density at radius 2 is 1.89 bits per heavy atom. The number of aromatic nitrogens is 4. The van der Waals surface area contributed by atoms with Crippen molar-refractivity contribution in [1.82, 2.24) is 24.6 Å². The number of aryl methyl sites for hydroxylation is 1. The second kappa shape index (κ2) is 7.34. The second-order valence-corrected chi connectivity index (χ2v) is 7.02. The first-order chi connectivity index (χ1) is 13.1. The molecule has 1 fully saturated rings. The van der Waals surface area contributed by atoms with E-state index < -0.39 is 0 Å². The zero-order chi connectivity index (χ0) is 18.8. The Hall–Kier alpha value is -2.96. The molecule has 0 N–H and O–H groups in total. The van der Waals surface area contributed by atoms with E-state index in [9.17, 15) is 4.79 Å². The summed E-state index contributed by atoms with van der Waals surface area (Å²) in [5.41, 5.74) is 2.81. The fourth-order valence-corrected chi connectivity index (χ4v) is 3.60. The van der Waals surface area contributed by atoms with Crippen LogP contribution in [0.5, 0.6) is 0 Å². The van der Waals surface area contributed by atoms with E-state index in [1.165, 1.54) is 0 Å². The highest BCUT2D eigenvalue weighted by Gasteiger charge is 2.25. The molecular formula is C20H24N6O. The number of nitrogens with zero attached hydrogens (tertiary/aromatic N) is 6. The van der Waals surface area contributed by atoms with Gasteiger partial charge in [-0.05, 0) is 44.5 Å². The number of imidazole rings is 1. The molecular weight excluding hydrogens is 340 g/mol. The summed E-state index contributed by atoms with van der Waals surface area (Å²) in [6.45, 7) is 6.97. The Bertz CT molecular complexity index is 935. The number of hydrogen-bond donors (Lipinski definition) is 0. The molecule has 4 rings (SSSR count). The largest absolute Gasteiger partial charge is 0.353 e. The molecule has 0 saturated carbocycles. The van der Waals surface area contributed by atoms with Crippen LogP contribution in [0.15, 0.2) is 42.7 Å². The van der Waals surface area contributed by atoms with Crippen LogP contribution in [0.2, 0.25) is 0 Å². The summed E-state index contributed by atoms with van der Waals surface area (Å²) < 4.78 is 1.96. The summed E-state index contributed by atoms with van der Waals surface area (Å²) in [7, 11) is 0. The maximum Gasteiger partial charge on any atom is 0.245 e. The summed E-state index contributed by atoms with van der Waals surface area (Å²) >= 11 is 0. The minimum atomic E-state index is -0.275. The van der Waals surface area contributed by atoms with Crippen LogP contribution >= 0.6 is 0 Å². The van der Waals surface area contributed by atoms with E-state index in [-0.39, 0.29) is 11.9 Å². The van der Waals surface area contributed by atoms with Crippen molar-refractivity contribution in [2.24, 2.45) is 0 Å². The molecule has 27 heavy (non-hydrogen) atoms. The van der Waals surface area contributed by atoms with Crippen molar-refractivity contribution in [2.45, 2.75) is 26.3 Å². The average Bonchev–Trinajstić information content (AvgIpc) is 2.97. The van der Waals surface area contributed by atoms with E-state index in [2.05, 4.69) is 20.1 Å². The van der Waals surface area contributed by atoms with Crippen LogP contribution in [0, 0.1) is 6.92 Å². The van der Waals surface area contributed by atoms with Gasteiger partial charge >= 0.3 is 0 Å². The summed E-state index contributed by atoms with van der Waals surface area (Å²) in [4.78, 5) is 21.7. The minimum absolute atomic E-state index is 0.134. The molecule has 140 valence electrons. The van der Waals surface area contributed by atoms with Crippen LogP contribution in [0.25, 0.3) is 11.0 Å². The third-order valence-electron chi connectivity index (χ3n) is 5.17. The number of para-hydroxylation sites is 2. The summed E-state index contributed by atoms with van der Waals surface area (Å²) in [6, 6.07) is 11.6. The van der Waals surface area contributed by atoms with Crippen molar-refractivity contribution >= 4 is 22.8 Å². The quantitative estimate of drug-likeness (QED) is 0.714. The highest BCUT2D eigenvalue weighted by Crippen LogP contribution is 2.20. The fourth-order valence-electron chi connectivity index (χ4n) is 3.60. The third-order valence-corrected chi connectivity index (χ3v) is 5.17. The molecule has 1 amide bonds. The summed E-state index contributed by atoms with van der Waals surface area (Å²) in [5, 5.41) is 8.43. The van der Waals surface area contributed by atoms with Gasteiger partial charge < -0.3 is 14.4 Å². The number of benzene rings is 1. The van der Waals surface area contributed by atoms with Gasteiger partial charge in [-0.1, -0.05) is 12.1 Å². The molecule has 7 heteroatoms. The van der Waals surface area contributed by atoms with E-state index in [4.69, 9.17) is 0 Å². The number of anilines is 1. The maximum absolute atomic E-state index is 13.1. The molecule has 1 aliphatic heterocycles. The average molecular weight is 364 g/mol. The standard InChI is InChI=1S/C20H24N6O/c1-15-8-9-19(23-22-15)24-10-5-11-25(13-12-24)20(27)16(2)26-14-21-17-6-3-4-7-18(17)26/h3-4,6-9,14,16H,5,10-13H2,1-2H3. The molecule has 0 spiro atoms. The lowest BCUT2D eigenvalue weighted by molar-refractivity contribution is -0.134. The summed E-state index contributed by atoms with van der Waals surface area (Å²) in [6.07, 6.45) is 2.68. The Kier molecular flexibility index (Phi) is 4.75. The minimum Gasteiger partial charge on any atom is -0.353 e. The highest BCUT2D eigenvalue weighted by molar-refractivity contribution is 5.83. The predicted octanol–water partition coefficient (Wildman–Crippen LogP) is 2.43. The predicted molar refractivity (Wildman–Crippen MR) is 105 cm³/mol. The Labute approximate surface area is 158 Å². The molecule has 1 atom stereocenters. The molecule has 3 aromatic rings. The number of fused-ring (bicyclic) bond motifs is 1. The Morgan fingerprint density at radius 1 is 1.04 bits per heavy atom. The zero-order valence-electron chi connectivity index (χ0n) is 15.7. The van der Waals surface area contributed by atoms with Gasteiger partial charge in [0.15, 0.2) is 5.82 Å². The van der Waals surface area contributed by atoms with Crippen LogP contribution in [0.4, 0.5) is 5.82 Å². The molecule has 0 bridgehead atoms. The van der Waals surface area contributed by atoms with Crippen molar-refractivity contribution in [3.8, 4) is 0 Å². The van der Waals surface area contributed by atoms with E-state index >= 15 is 0 Å². The summed E-state index contributed by atoms with van der Waals surface area (Å²) in [5.74, 6) is 1.01. The molecule has 3 heterocycles. The first kappa shape index (κ1) is 17.5. The monoisotopic (exact) mass is 364 g/mol. The molecule has 2 aromatic heterocycles. The van der Waals surface area contributed by atoms with Gasteiger partial charge in [-0.3, -0.25) is 4.79 Å². The molecule has 0 aliphatic carbocycles. The fraction of sp³-hybridized carbons (Fsp3) is 0.400. The molecule has 7 nitrogen and oxygen atoms in total. The number of hydrogen-bond acceptors (Lipinski definition) is 5. The third kappa shape index (κ3) is 3.49. The lowest BCUT2D eigenvalue weighted by atomic mass is 10.2. The van der Waals surface area contributed by atoms with Gasteiger partial charge in [-0.2, -0.15) is 5.10 Å². The normalized spacial score (nSPS) is 16.4. The maximum atomic E-state index is 13.1. The molecule has 1 saturated heterocycles. The number of rotatable bonds is 3. The van der Waals surface area contributed by atoms with Crippen molar-refractivity contribution < 1.29 is 4.79 Å². The van der Waals surface area contributed by atoms with Crippen LogP contribution in [-0.2, 0) is 4.79 Å². The zero-order valence-corrected chi connectivity index (χ0v) is 15.7. The first-order valence-electron chi connectivity index (χ1n) is 9.39. The van der Waals surface area contributed by atoms with Gasteiger partial charge in [-0.25, -0.2) is 4.98 Å². The topological polar surface area (TPSA) is 67.2 Å². The molecule has 1 unspecified atom stereocenters. The van der Waals surface area contributed by atoms with Crippen LogP contribution in [0.3, 0.4) is 0 Å². The number of carbonyl (C=O) groups excluding carboxylic acids is 1. The van der Waals surface area contributed by atoms with Crippen LogP contribution in [-0.4, -0.2) is 56.7 Å². The van der Waals surface area contributed by atoms with Gasteiger partial charge in [0.25, 0.3) is 0 Å². The lowest BCUT2D eigenvalue weighted by Gasteiger charge is -2.25. The van der Waals surface area contributed by atoms with E-state index in [1.54, 1.807) is 6.33 Å². The smallest absolute Gasteiger partial charge is 0.245 e. The molecule has 1 aliphatic rings. The lowest BCUT2D eigenvalue weighted by Crippen LogP contribution is -2.39. The van der Waals surface area contributed by atoms with Gasteiger partial charge in [0.1, 0.15) is 6.04 Å². The molecule has 0 radical (unpaired) electrons. The highest BCUT2D eigenvalue weighted by atomic mass is 16.2. The van der Waals surface area contributed by atoms with Gasteiger partial charge in [-0.15, -0.1) is 5.10 Å². The first-order valence-corrected chi connectivity index (χ1v) is 9.39. The second-order valence-electron chi connectivity index (χ2n) is 7.02. The van der Waals surface area contributed by atoms with Crippen molar-refractivity contribution in [1.29, 1.82) is 0 Å². The van der Waals surface area contributed by atoms with Crippen LogP contribution in [0.1, 0.15) is 25.1 Å². The number of carbonyl (C=O) groups is 1. The molecule has 1 aromatic carbocycles. The van der Waals surface area contributed by atoms with E-state index in [1.807, 2.05) is 59.7 Å². The van der Waals surface area contributed by atoms with Crippen LogP contribution < -0.4 is 4.90 Å². The van der Waals surface area contributed by atoms with Crippen molar-refractivity contribution in [3.05, 3.63) is 48.4 Å². The van der Waals surface area contributed by atoms with Gasteiger partial charge in [0.2, 0.25) is 5.91 Å². The van der Waals surface area contributed by atoms with Gasteiger partial charge in [0.05, 0.1) is 23.1 Å². The van der Waals surface area contributed by atoms with E-state index in [0.717, 1.165) is 48.6 Å². The number of amides is 1. The SMILES string of the molecule is Cc1ccc(N2CCCN(C(=O)C(C)n3cnc4ccccc43)CC2)nn1. The van der Waals surface area contributed by atoms with E-state index in [0.29, 0.717) is 6.54 Å². The van der Waals surface area contributed by atoms with Crippen molar-refractivity contribution in [3.63, 3.8) is 0 Å².